The molecule has 0 heterocycles. The zero-order valence-corrected chi connectivity index (χ0v) is 19.4. The van der Waals surface area contributed by atoms with E-state index in [-0.39, 0.29) is 5.78 Å². The van der Waals surface area contributed by atoms with E-state index in [9.17, 15) is 9.59 Å². The summed E-state index contributed by atoms with van der Waals surface area (Å²) < 4.78 is 16.5. The van der Waals surface area contributed by atoms with Crippen LogP contribution in [-0.4, -0.2) is 57.9 Å². The minimum Gasteiger partial charge on any atom is -0.410 e. The van der Waals surface area contributed by atoms with Gasteiger partial charge in [0.15, 0.2) is 0 Å². The number of ether oxygens (including phenoxy) is 3. The van der Waals surface area contributed by atoms with Crippen LogP contribution in [0.2, 0.25) is 0 Å². The molecule has 30 heavy (non-hydrogen) atoms. The number of aryl methyl sites for hydroxylation is 2. The van der Waals surface area contributed by atoms with Crippen LogP contribution in [0.5, 0.6) is 5.75 Å². The monoisotopic (exact) mass is 422 g/mol. The topological polar surface area (TPSA) is 85.9 Å². The Balaban J connectivity index is 2.51. The van der Waals surface area contributed by atoms with Gasteiger partial charge in [0, 0.05) is 30.5 Å². The summed E-state index contributed by atoms with van der Waals surface area (Å²) in [5.74, 6) is 0.587. The van der Waals surface area contributed by atoms with Crippen molar-refractivity contribution < 1.29 is 23.8 Å². The summed E-state index contributed by atoms with van der Waals surface area (Å²) >= 11 is 0. The third kappa shape index (κ3) is 9.69. The minimum absolute atomic E-state index is 0.0955. The Hall–Kier alpha value is -1.96. The molecule has 0 atom stereocenters. The van der Waals surface area contributed by atoms with E-state index in [4.69, 9.17) is 14.2 Å². The lowest BCUT2D eigenvalue weighted by Gasteiger charge is -2.28. The standard InChI is InChI=1S/C23H38N2O5/c1-7-24-8-10-28-12-13-29-11-9-25-22(27)30-20-15-17(2)14-18(3)21(20)23(5,6)16-19(4)26/h14-15,24H,7-13,16H2,1-6H3,(H,25,27). The number of Topliss-reactive ketones (excluding diaryl/α,β-unsaturated/α-hetero) is 1. The predicted octanol–water partition coefficient (Wildman–Crippen LogP) is 3.29. The number of carbonyl (C=O) groups excluding carboxylic acids is 2. The van der Waals surface area contributed by atoms with Crippen molar-refractivity contribution in [3.05, 3.63) is 28.8 Å². The predicted molar refractivity (Wildman–Crippen MR) is 118 cm³/mol. The highest BCUT2D eigenvalue weighted by Gasteiger charge is 2.29. The molecule has 0 saturated heterocycles. The molecule has 170 valence electrons. The lowest BCUT2D eigenvalue weighted by atomic mass is 9.77. The Labute approximate surface area is 180 Å². The van der Waals surface area contributed by atoms with Crippen LogP contribution < -0.4 is 15.4 Å². The van der Waals surface area contributed by atoms with Gasteiger partial charge in [-0.05, 0) is 44.5 Å². The van der Waals surface area contributed by atoms with Gasteiger partial charge in [-0.1, -0.05) is 26.8 Å². The van der Waals surface area contributed by atoms with Crippen LogP contribution in [0.1, 0.15) is 50.8 Å². The van der Waals surface area contributed by atoms with Crippen LogP contribution in [0.15, 0.2) is 12.1 Å². The highest BCUT2D eigenvalue weighted by Crippen LogP contribution is 2.38. The fraction of sp³-hybridized carbons (Fsp3) is 0.652. The van der Waals surface area contributed by atoms with Crippen molar-refractivity contribution in [1.82, 2.24) is 10.6 Å². The number of hydrogen-bond acceptors (Lipinski definition) is 6. The van der Waals surface area contributed by atoms with Gasteiger partial charge in [0.25, 0.3) is 0 Å². The van der Waals surface area contributed by atoms with Crippen LogP contribution in [-0.2, 0) is 19.7 Å². The number of amides is 1. The lowest BCUT2D eigenvalue weighted by molar-refractivity contribution is -0.118. The molecule has 7 nitrogen and oxygen atoms in total. The van der Waals surface area contributed by atoms with E-state index in [2.05, 4.69) is 17.6 Å². The van der Waals surface area contributed by atoms with Gasteiger partial charge < -0.3 is 24.8 Å². The van der Waals surface area contributed by atoms with E-state index >= 15 is 0 Å². The third-order valence-electron chi connectivity index (χ3n) is 4.57. The molecule has 0 aliphatic carbocycles. The molecule has 0 bridgehead atoms. The minimum atomic E-state index is -0.537. The summed E-state index contributed by atoms with van der Waals surface area (Å²) in [6, 6.07) is 3.88. The molecule has 0 aromatic heterocycles. The van der Waals surface area contributed by atoms with Gasteiger partial charge in [-0.2, -0.15) is 0 Å². The van der Waals surface area contributed by atoms with E-state index in [1.54, 1.807) is 6.92 Å². The number of ketones is 1. The molecule has 1 amide bonds. The Morgan fingerprint density at radius 1 is 1.00 bits per heavy atom. The zero-order chi connectivity index (χ0) is 22.6. The maximum absolute atomic E-state index is 12.3. The first-order valence-electron chi connectivity index (χ1n) is 10.6. The summed E-state index contributed by atoms with van der Waals surface area (Å²) in [5, 5.41) is 5.88. The molecule has 0 aliphatic rings. The fourth-order valence-corrected chi connectivity index (χ4v) is 3.59. The fourth-order valence-electron chi connectivity index (χ4n) is 3.59. The van der Waals surface area contributed by atoms with Crippen molar-refractivity contribution in [1.29, 1.82) is 0 Å². The highest BCUT2D eigenvalue weighted by molar-refractivity contribution is 5.78. The second-order valence-electron chi connectivity index (χ2n) is 8.11. The second-order valence-corrected chi connectivity index (χ2v) is 8.11. The van der Waals surface area contributed by atoms with Crippen LogP contribution in [0.25, 0.3) is 0 Å². The average molecular weight is 423 g/mol. The van der Waals surface area contributed by atoms with Gasteiger partial charge in [-0.3, -0.25) is 4.79 Å². The lowest BCUT2D eigenvalue weighted by Crippen LogP contribution is -2.32. The summed E-state index contributed by atoms with van der Waals surface area (Å²) in [5.41, 5.74) is 2.44. The van der Waals surface area contributed by atoms with Crippen molar-refractivity contribution in [3.63, 3.8) is 0 Å². The summed E-state index contributed by atoms with van der Waals surface area (Å²) in [6.45, 7) is 15.7. The molecule has 0 aliphatic heterocycles. The van der Waals surface area contributed by atoms with Crippen LogP contribution in [0, 0.1) is 13.8 Å². The number of nitrogens with one attached hydrogen (secondary N) is 2. The van der Waals surface area contributed by atoms with Gasteiger partial charge >= 0.3 is 6.09 Å². The van der Waals surface area contributed by atoms with Crippen LogP contribution in [0.3, 0.4) is 0 Å². The van der Waals surface area contributed by atoms with Crippen molar-refractivity contribution in [3.8, 4) is 5.75 Å². The Kier molecular flexibility index (Phi) is 11.6. The van der Waals surface area contributed by atoms with E-state index in [0.29, 0.717) is 45.1 Å². The van der Waals surface area contributed by atoms with Crippen molar-refractivity contribution in [2.45, 2.75) is 53.4 Å². The maximum atomic E-state index is 12.3. The number of hydrogen-bond donors (Lipinski definition) is 2. The zero-order valence-electron chi connectivity index (χ0n) is 19.4. The van der Waals surface area contributed by atoms with E-state index < -0.39 is 11.5 Å². The molecule has 0 fully saturated rings. The average Bonchev–Trinajstić information content (AvgIpc) is 2.61. The number of rotatable bonds is 14. The number of carbonyl (C=O) groups is 2. The SMILES string of the molecule is CCNCCOCCOCCNC(=O)Oc1cc(C)cc(C)c1C(C)(C)CC(C)=O. The Bertz CT molecular complexity index is 688. The molecule has 0 unspecified atom stereocenters. The molecule has 2 N–H and O–H groups in total. The Morgan fingerprint density at radius 3 is 2.23 bits per heavy atom. The first-order chi connectivity index (χ1) is 14.2. The summed E-state index contributed by atoms with van der Waals surface area (Å²) in [7, 11) is 0. The molecule has 1 aromatic rings. The molecule has 1 aromatic carbocycles. The second kappa shape index (κ2) is 13.4. The van der Waals surface area contributed by atoms with E-state index in [0.717, 1.165) is 29.8 Å². The van der Waals surface area contributed by atoms with E-state index in [1.165, 1.54) is 0 Å². The Morgan fingerprint density at radius 2 is 1.63 bits per heavy atom. The third-order valence-corrected chi connectivity index (χ3v) is 4.57. The van der Waals surface area contributed by atoms with E-state index in [1.807, 2.05) is 39.8 Å². The normalized spacial score (nSPS) is 11.4. The number of likely N-dealkylation sites (N-methyl/N-ethyl adjacent to an activating group) is 1. The van der Waals surface area contributed by atoms with Gasteiger partial charge in [-0.15, -0.1) is 0 Å². The van der Waals surface area contributed by atoms with Gasteiger partial charge in [0.1, 0.15) is 11.5 Å². The van der Waals surface area contributed by atoms with Crippen LogP contribution >= 0.6 is 0 Å². The highest BCUT2D eigenvalue weighted by atomic mass is 16.6. The molecule has 7 heteroatoms. The molecular weight excluding hydrogens is 384 g/mol. The smallest absolute Gasteiger partial charge is 0.410 e. The first kappa shape index (κ1) is 26.1. The molecule has 0 radical (unpaired) electrons. The maximum Gasteiger partial charge on any atom is 0.412 e. The van der Waals surface area contributed by atoms with Crippen molar-refractivity contribution >= 4 is 11.9 Å². The number of benzene rings is 1. The van der Waals surface area contributed by atoms with Gasteiger partial charge in [0.05, 0.1) is 26.4 Å². The molecule has 1 rings (SSSR count). The quantitative estimate of drug-likeness (QED) is 0.448. The largest absolute Gasteiger partial charge is 0.412 e. The van der Waals surface area contributed by atoms with Crippen molar-refractivity contribution in [2.75, 3.05) is 46.1 Å². The van der Waals surface area contributed by atoms with Gasteiger partial charge in [0.2, 0.25) is 0 Å². The van der Waals surface area contributed by atoms with Crippen LogP contribution in [0.4, 0.5) is 4.79 Å². The summed E-state index contributed by atoms with van der Waals surface area (Å²) in [6.07, 6.45) is -0.162. The first-order valence-corrected chi connectivity index (χ1v) is 10.6. The molecule has 0 saturated carbocycles. The van der Waals surface area contributed by atoms with Gasteiger partial charge in [-0.25, -0.2) is 4.79 Å². The summed E-state index contributed by atoms with van der Waals surface area (Å²) in [4.78, 5) is 24.0. The molecular formula is C23H38N2O5. The van der Waals surface area contributed by atoms with Crippen molar-refractivity contribution in [2.24, 2.45) is 0 Å². The molecule has 0 spiro atoms.